The summed E-state index contributed by atoms with van der Waals surface area (Å²) in [6.07, 6.45) is 3.87. The maximum absolute atomic E-state index is 13.5. The highest BCUT2D eigenvalue weighted by molar-refractivity contribution is 7.81. The molecule has 0 bridgehead atoms. The van der Waals surface area contributed by atoms with Gasteiger partial charge in [-0.2, -0.15) is 0 Å². The van der Waals surface area contributed by atoms with E-state index < -0.39 is 4.99 Å². The molecule has 0 saturated carbocycles. The second kappa shape index (κ2) is 7.96. The standard InChI is InChI=1S/C25H34FN5S/c1-23(2)14-19(15-24(3,4)30-23)28-20-13-17(11-12-27-20)22-21(29-25(5,32)31(22)6)16-7-9-18(26)10-8-16/h7-13,19,29-30,32H,14-15H2,1-6H3,(H,27,28). The van der Waals surface area contributed by atoms with Gasteiger partial charge in [-0.05, 0) is 83.9 Å². The maximum Gasteiger partial charge on any atom is 0.153 e. The summed E-state index contributed by atoms with van der Waals surface area (Å²) in [5, 5.41) is 10.9. The zero-order chi connectivity index (χ0) is 23.3. The summed E-state index contributed by atoms with van der Waals surface area (Å²) in [5.41, 5.74) is 3.98. The largest absolute Gasteiger partial charge is 0.367 e. The number of benzene rings is 1. The molecular formula is C25H34FN5S. The molecule has 2 aliphatic rings. The first kappa shape index (κ1) is 22.9. The van der Waals surface area contributed by atoms with Crippen molar-refractivity contribution in [1.82, 2.24) is 20.5 Å². The number of pyridine rings is 1. The zero-order valence-electron chi connectivity index (χ0n) is 19.8. The molecule has 2 aromatic rings. The average molecular weight is 456 g/mol. The molecule has 3 N–H and O–H groups in total. The van der Waals surface area contributed by atoms with Crippen molar-refractivity contribution < 1.29 is 4.39 Å². The van der Waals surface area contributed by atoms with Crippen molar-refractivity contribution >= 4 is 29.8 Å². The van der Waals surface area contributed by atoms with Gasteiger partial charge in [0.25, 0.3) is 0 Å². The maximum atomic E-state index is 13.5. The molecule has 1 aromatic carbocycles. The average Bonchev–Trinajstić information content (AvgIpc) is 2.89. The fraction of sp³-hybridized carbons (Fsp3) is 0.480. The van der Waals surface area contributed by atoms with Crippen LogP contribution in [0.25, 0.3) is 11.4 Å². The summed E-state index contributed by atoms with van der Waals surface area (Å²) >= 11 is 4.81. The van der Waals surface area contributed by atoms with Crippen molar-refractivity contribution in [2.75, 3.05) is 12.4 Å². The van der Waals surface area contributed by atoms with E-state index in [0.29, 0.717) is 6.04 Å². The van der Waals surface area contributed by atoms with Gasteiger partial charge >= 0.3 is 0 Å². The molecule has 172 valence electrons. The van der Waals surface area contributed by atoms with Crippen molar-refractivity contribution in [3.05, 3.63) is 59.5 Å². The lowest BCUT2D eigenvalue weighted by molar-refractivity contribution is 0.170. The summed E-state index contributed by atoms with van der Waals surface area (Å²) in [4.78, 5) is 6.14. The molecule has 0 radical (unpaired) electrons. The minimum Gasteiger partial charge on any atom is -0.367 e. The first-order valence-corrected chi connectivity index (χ1v) is 11.6. The molecule has 3 heterocycles. The van der Waals surface area contributed by atoms with Crippen LogP contribution in [0, 0.1) is 5.82 Å². The Kier molecular flexibility index (Phi) is 5.70. The molecule has 4 rings (SSSR count). The molecule has 7 heteroatoms. The van der Waals surface area contributed by atoms with Gasteiger partial charge in [0.2, 0.25) is 0 Å². The third kappa shape index (κ3) is 4.74. The van der Waals surface area contributed by atoms with E-state index in [1.54, 1.807) is 12.1 Å². The minimum atomic E-state index is -0.570. The first-order valence-electron chi connectivity index (χ1n) is 11.1. The Hall–Kier alpha value is -2.25. The van der Waals surface area contributed by atoms with E-state index in [4.69, 9.17) is 12.6 Å². The van der Waals surface area contributed by atoms with Crippen LogP contribution in [-0.2, 0) is 0 Å². The van der Waals surface area contributed by atoms with Gasteiger partial charge in [0.1, 0.15) is 11.6 Å². The van der Waals surface area contributed by atoms with E-state index in [1.165, 1.54) is 12.1 Å². The molecule has 32 heavy (non-hydrogen) atoms. The van der Waals surface area contributed by atoms with Crippen molar-refractivity contribution in [2.24, 2.45) is 0 Å². The fourth-order valence-corrected chi connectivity index (χ4v) is 5.43. The van der Waals surface area contributed by atoms with E-state index in [9.17, 15) is 4.39 Å². The van der Waals surface area contributed by atoms with Gasteiger partial charge in [0, 0.05) is 41.5 Å². The molecule has 1 unspecified atom stereocenters. The van der Waals surface area contributed by atoms with Gasteiger partial charge in [-0.15, -0.1) is 12.6 Å². The Morgan fingerprint density at radius 1 is 1.03 bits per heavy atom. The van der Waals surface area contributed by atoms with E-state index in [1.807, 2.05) is 26.2 Å². The number of aromatic nitrogens is 1. The Morgan fingerprint density at radius 3 is 2.28 bits per heavy atom. The predicted molar refractivity (Wildman–Crippen MR) is 134 cm³/mol. The van der Waals surface area contributed by atoms with Gasteiger partial charge in [-0.1, -0.05) is 0 Å². The van der Waals surface area contributed by atoms with E-state index in [2.05, 4.69) is 59.6 Å². The van der Waals surface area contributed by atoms with Crippen molar-refractivity contribution in [2.45, 2.75) is 69.6 Å². The van der Waals surface area contributed by atoms with Gasteiger partial charge in [-0.25, -0.2) is 9.37 Å². The fourth-order valence-electron chi connectivity index (χ4n) is 5.22. The van der Waals surface area contributed by atoms with Crippen LogP contribution in [0.4, 0.5) is 10.2 Å². The Balaban J connectivity index is 1.68. The van der Waals surface area contributed by atoms with Crippen LogP contribution in [0.1, 0.15) is 58.6 Å². The second-order valence-corrected chi connectivity index (χ2v) is 11.4. The zero-order valence-corrected chi connectivity index (χ0v) is 20.6. The number of rotatable bonds is 4. The molecule has 1 aromatic heterocycles. The lowest BCUT2D eigenvalue weighted by Crippen LogP contribution is -2.60. The molecule has 1 fully saturated rings. The number of nitrogens with zero attached hydrogens (tertiary/aromatic N) is 2. The van der Waals surface area contributed by atoms with Crippen molar-refractivity contribution in [3.8, 4) is 0 Å². The highest BCUT2D eigenvalue weighted by Gasteiger charge is 2.39. The van der Waals surface area contributed by atoms with Gasteiger partial charge in [-0.3, -0.25) is 0 Å². The molecule has 0 spiro atoms. The smallest absolute Gasteiger partial charge is 0.153 e. The highest BCUT2D eigenvalue weighted by atomic mass is 32.1. The number of halogens is 1. The summed E-state index contributed by atoms with van der Waals surface area (Å²) in [7, 11) is 2.01. The third-order valence-electron chi connectivity index (χ3n) is 6.30. The quantitative estimate of drug-likeness (QED) is 0.494. The number of hydrogen-bond donors (Lipinski definition) is 4. The normalized spacial score (nSPS) is 25.1. The summed E-state index contributed by atoms with van der Waals surface area (Å²) in [6.45, 7) is 11.0. The topological polar surface area (TPSA) is 52.2 Å². The summed E-state index contributed by atoms with van der Waals surface area (Å²) in [5.74, 6) is 0.604. The molecule has 1 atom stereocenters. The van der Waals surface area contributed by atoms with Crippen LogP contribution >= 0.6 is 12.6 Å². The third-order valence-corrected chi connectivity index (χ3v) is 6.71. The number of piperidine rings is 1. The van der Waals surface area contributed by atoms with Crippen molar-refractivity contribution in [3.63, 3.8) is 0 Å². The van der Waals surface area contributed by atoms with Crippen molar-refractivity contribution in [1.29, 1.82) is 0 Å². The molecule has 1 saturated heterocycles. The van der Waals surface area contributed by atoms with Gasteiger partial charge in [0.15, 0.2) is 4.99 Å². The molecule has 0 aliphatic carbocycles. The van der Waals surface area contributed by atoms with E-state index in [0.717, 1.165) is 41.2 Å². The number of nitrogens with one attached hydrogen (secondary N) is 3. The predicted octanol–water partition coefficient (Wildman–Crippen LogP) is 4.91. The molecular weight excluding hydrogens is 421 g/mol. The number of thiol groups is 1. The summed E-state index contributed by atoms with van der Waals surface area (Å²) < 4.78 is 13.5. The molecule has 0 amide bonds. The van der Waals surface area contributed by atoms with Gasteiger partial charge < -0.3 is 20.9 Å². The van der Waals surface area contributed by atoms with Crippen LogP contribution in [-0.4, -0.2) is 39.0 Å². The van der Waals surface area contributed by atoms with Gasteiger partial charge in [0.05, 0.1) is 11.4 Å². The second-order valence-electron chi connectivity index (χ2n) is 10.5. The Bertz CT molecular complexity index is 1010. The first-order chi connectivity index (χ1) is 14.9. The molecule has 5 nitrogen and oxygen atoms in total. The molecule has 2 aliphatic heterocycles. The number of anilines is 1. The lowest BCUT2D eigenvalue weighted by atomic mass is 9.79. The van der Waals surface area contributed by atoms with E-state index >= 15 is 0 Å². The SMILES string of the molecule is CN1C(c2ccnc(NC3CC(C)(C)NC(C)(C)C3)c2)=C(c2ccc(F)cc2)NC1(C)S. The lowest BCUT2D eigenvalue weighted by Gasteiger charge is -2.46. The van der Waals surface area contributed by atoms with Crippen LogP contribution in [0.15, 0.2) is 42.6 Å². The minimum absolute atomic E-state index is 0.0543. The number of hydrogen-bond acceptors (Lipinski definition) is 6. The Morgan fingerprint density at radius 2 is 1.66 bits per heavy atom. The van der Waals surface area contributed by atoms with Crippen LogP contribution in [0.5, 0.6) is 0 Å². The van der Waals surface area contributed by atoms with Crippen LogP contribution < -0.4 is 16.0 Å². The van der Waals surface area contributed by atoms with Crippen LogP contribution in [0.3, 0.4) is 0 Å². The van der Waals surface area contributed by atoms with Crippen LogP contribution in [0.2, 0.25) is 0 Å². The summed E-state index contributed by atoms with van der Waals surface area (Å²) in [6, 6.07) is 11.0. The van der Waals surface area contributed by atoms with E-state index in [-0.39, 0.29) is 16.9 Å². The Labute approximate surface area is 196 Å². The monoisotopic (exact) mass is 455 g/mol. The highest BCUT2D eigenvalue weighted by Crippen LogP contribution is 2.40.